The van der Waals surface area contributed by atoms with Gasteiger partial charge < -0.3 is 10.7 Å². The Kier molecular flexibility index (Phi) is 3.13. The number of thiophene rings is 1. The van der Waals surface area contributed by atoms with Crippen molar-refractivity contribution >= 4 is 27.2 Å². The number of halogens is 1. The van der Waals surface area contributed by atoms with Crippen LogP contribution in [-0.2, 0) is 0 Å². The van der Waals surface area contributed by atoms with Crippen molar-refractivity contribution in [2.24, 2.45) is 0 Å². The Balaban J connectivity index is 2.47. The van der Waals surface area contributed by atoms with Gasteiger partial charge in [0.15, 0.2) is 0 Å². The number of nitrogens with two attached hydrogens (primary N) is 1. The van der Waals surface area contributed by atoms with Crippen molar-refractivity contribution in [1.82, 2.24) is 4.98 Å². The second-order valence-corrected chi connectivity index (χ2v) is 5.45. The van der Waals surface area contributed by atoms with E-state index in [2.05, 4.69) is 4.98 Å². The maximum absolute atomic E-state index is 14.2. The van der Waals surface area contributed by atoms with Crippen LogP contribution in [0.1, 0.15) is 11.1 Å². The molecule has 22 heavy (non-hydrogen) atoms. The minimum Gasteiger partial charge on any atom is -0.384 e. The topological polar surface area (TPSA) is 106 Å². The number of fused-ring (bicyclic) bond motifs is 1. The summed E-state index contributed by atoms with van der Waals surface area (Å²) in [5.41, 5.74) is 4.96. The molecule has 0 fully saturated rings. The van der Waals surface area contributed by atoms with Gasteiger partial charge in [0.05, 0.1) is 0 Å². The van der Waals surface area contributed by atoms with Crippen LogP contribution in [0.25, 0.3) is 21.2 Å². The third-order valence-electron chi connectivity index (χ3n) is 3.28. The Hall–Kier alpha value is -3.16. The molecule has 106 valence electrons. The van der Waals surface area contributed by atoms with E-state index < -0.39 is 11.4 Å². The largest absolute Gasteiger partial charge is 0.384 e. The second-order valence-electron chi connectivity index (χ2n) is 4.51. The van der Waals surface area contributed by atoms with Crippen molar-refractivity contribution in [3.63, 3.8) is 0 Å². The Morgan fingerprint density at radius 2 is 1.95 bits per heavy atom. The molecule has 0 atom stereocenters. The summed E-state index contributed by atoms with van der Waals surface area (Å²) in [6.07, 6.45) is 0. The average Bonchev–Trinajstić information content (AvgIpc) is 2.95. The molecular weight excluding hydrogens is 303 g/mol. The molecule has 2 heterocycles. The van der Waals surface area contributed by atoms with Crippen LogP contribution >= 0.6 is 11.3 Å². The molecule has 1 aromatic carbocycles. The summed E-state index contributed by atoms with van der Waals surface area (Å²) in [6, 6.07) is 8.09. The number of nitriles is 2. The first-order chi connectivity index (χ1) is 10.6. The van der Waals surface area contributed by atoms with Crippen molar-refractivity contribution in [3.05, 3.63) is 50.9 Å². The third-order valence-corrected chi connectivity index (χ3v) is 4.14. The molecule has 5 nitrogen and oxygen atoms in total. The van der Waals surface area contributed by atoms with E-state index in [-0.39, 0.29) is 28.1 Å². The highest BCUT2D eigenvalue weighted by Gasteiger charge is 2.19. The number of benzene rings is 1. The average molecular weight is 310 g/mol. The van der Waals surface area contributed by atoms with E-state index >= 15 is 0 Å². The second kappa shape index (κ2) is 4.99. The number of nitrogens with zero attached hydrogens (tertiary/aromatic N) is 2. The van der Waals surface area contributed by atoms with Crippen LogP contribution in [0.15, 0.2) is 28.4 Å². The van der Waals surface area contributed by atoms with E-state index in [4.69, 9.17) is 5.73 Å². The summed E-state index contributed by atoms with van der Waals surface area (Å²) < 4.78 is 14.8. The molecule has 0 saturated carbocycles. The number of nitrogen functional groups attached to an aromatic ring is 1. The Morgan fingerprint density at radius 1 is 1.23 bits per heavy atom. The number of rotatable bonds is 1. The number of pyridine rings is 1. The lowest BCUT2D eigenvalue weighted by molar-refractivity contribution is 0.640. The third kappa shape index (κ3) is 1.93. The molecule has 7 heteroatoms. The number of H-pyrrole nitrogens is 1. The van der Waals surface area contributed by atoms with Crippen molar-refractivity contribution in [2.75, 3.05) is 5.73 Å². The molecule has 3 aromatic rings. The molecule has 0 aliphatic carbocycles. The van der Waals surface area contributed by atoms with Gasteiger partial charge in [0.1, 0.15) is 34.9 Å². The number of aromatic nitrogens is 1. The zero-order chi connectivity index (χ0) is 15.9. The monoisotopic (exact) mass is 310 g/mol. The summed E-state index contributed by atoms with van der Waals surface area (Å²) in [6.45, 7) is 0. The number of aromatic amines is 1. The lowest BCUT2D eigenvalue weighted by atomic mass is 9.96. The molecule has 0 amide bonds. The van der Waals surface area contributed by atoms with Crippen LogP contribution in [-0.4, -0.2) is 4.98 Å². The smallest absolute Gasteiger partial charge is 0.268 e. The molecule has 0 spiro atoms. The van der Waals surface area contributed by atoms with Crippen LogP contribution in [0.3, 0.4) is 0 Å². The zero-order valence-electron chi connectivity index (χ0n) is 11.0. The standard InChI is InChI=1S/C15H7FN4OS/c16-11-3-7(4-12-8(11)1-2-22-12)13-9(5-17)14(19)20-15(21)10(13)6-18/h1-4H,(H3,19,20,21). The predicted molar refractivity (Wildman–Crippen MR) is 81.7 cm³/mol. The highest BCUT2D eigenvalue weighted by molar-refractivity contribution is 7.17. The minimum atomic E-state index is -0.708. The van der Waals surface area contributed by atoms with Gasteiger partial charge in [-0.05, 0) is 29.1 Å². The Labute approximate surface area is 127 Å². The minimum absolute atomic E-state index is 0.0496. The Bertz CT molecular complexity index is 1050. The van der Waals surface area contributed by atoms with Gasteiger partial charge in [-0.3, -0.25) is 4.79 Å². The molecule has 0 saturated heterocycles. The van der Waals surface area contributed by atoms with E-state index in [0.29, 0.717) is 10.1 Å². The van der Waals surface area contributed by atoms with Gasteiger partial charge >= 0.3 is 0 Å². The molecule has 3 N–H and O–H groups in total. The first kappa shape index (κ1) is 13.8. The summed E-state index contributed by atoms with van der Waals surface area (Å²) in [4.78, 5) is 14.1. The van der Waals surface area contributed by atoms with Gasteiger partial charge in [-0.15, -0.1) is 11.3 Å². The molecule has 0 aliphatic rings. The highest BCUT2D eigenvalue weighted by atomic mass is 32.1. The quantitative estimate of drug-likeness (QED) is 0.720. The molecule has 3 rings (SSSR count). The first-order valence-electron chi connectivity index (χ1n) is 6.10. The fourth-order valence-electron chi connectivity index (χ4n) is 2.30. The van der Waals surface area contributed by atoms with E-state index in [9.17, 15) is 19.7 Å². The van der Waals surface area contributed by atoms with Gasteiger partial charge in [-0.2, -0.15) is 10.5 Å². The number of hydrogen-bond acceptors (Lipinski definition) is 5. The van der Waals surface area contributed by atoms with Crippen molar-refractivity contribution < 1.29 is 4.39 Å². The van der Waals surface area contributed by atoms with Crippen molar-refractivity contribution in [3.8, 4) is 23.3 Å². The van der Waals surface area contributed by atoms with Gasteiger partial charge in [0.25, 0.3) is 5.56 Å². The fourth-order valence-corrected chi connectivity index (χ4v) is 3.14. The van der Waals surface area contributed by atoms with E-state index in [0.717, 1.165) is 0 Å². The molecule has 2 aromatic heterocycles. The van der Waals surface area contributed by atoms with Gasteiger partial charge in [-0.25, -0.2) is 4.39 Å². The maximum atomic E-state index is 14.2. The van der Waals surface area contributed by atoms with Crippen LogP contribution < -0.4 is 11.3 Å². The number of hydrogen-bond donors (Lipinski definition) is 2. The van der Waals surface area contributed by atoms with Crippen LogP contribution in [0.5, 0.6) is 0 Å². The summed E-state index contributed by atoms with van der Waals surface area (Å²) in [5.74, 6) is -0.631. The van der Waals surface area contributed by atoms with E-state index in [1.165, 1.54) is 17.4 Å². The van der Waals surface area contributed by atoms with Crippen molar-refractivity contribution in [1.29, 1.82) is 10.5 Å². The SMILES string of the molecule is N#Cc1c(N)[nH]c(=O)c(C#N)c1-c1cc(F)c2ccsc2c1. The van der Waals surface area contributed by atoms with Crippen LogP contribution in [0.2, 0.25) is 0 Å². The number of anilines is 1. The van der Waals surface area contributed by atoms with Crippen LogP contribution in [0.4, 0.5) is 10.2 Å². The van der Waals surface area contributed by atoms with E-state index in [1.54, 1.807) is 23.6 Å². The molecule has 0 bridgehead atoms. The maximum Gasteiger partial charge on any atom is 0.268 e. The van der Waals surface area contributed by atoms with Gasteiger partial charge in [0, 0.05) is 15.6 Å². The molecule has 0 aliphatic heterocycles. The summed E-state index contributed by atoms with van der Waals surface area (Å²) >= 11 is 1.32. The molecule has 0 radical (unpaired) electrons. The zero-order valence-corrected chi connectivity index (χ0v) is 11.8. The van der Waals surface area contributed by atoms with Gasteiger partial charge in [0.2, 0.25) is 0 Å². The highest BCUT2D eigenvalue weighted by Crippen LogP contribution is 2.33. The predicted octanol–water partition coefficient (Wildman–Crippen LogP) is 2.72. The van der Waals surface area contributed by atoms with E-state index in [1.807, 2.05) is 6.07 Å². The normalized spacial score (nSPS) is 10.3. The molecule has 0 unspecified atom stereocenters. The first-order valence-corrected chi connectivity index (χ1v) is 6.98. The summed E-state index contributed by atoms with van der Waals surface area (Å²) in [5, 5.41) is 20.6. The van der Waals surface area contributed by atoms with Crippen molar-refractivity contribution in [2.45, 2.75) is 0 Å². The van der Waals surface area contributed by atoms with Gasteiger partial charge in [-0.1, -0.05) is 0 Å². The number of nitrogens with one attached hydrogen (secondary N) is 1. The molecular formula is C15H7FN4OS. The fraction of sp³-hybridized carbons (Fsp3) is 0. The lowest BCUT2D eigenvalue weighted by Crippen LogP contribution is -2.16. The lowest BCUT2D eigenvalue weighted by Gasteiger charge is -2.09. The van der Waals surface area contributed by atoms with Crippen LogP contribution in [0, 0.1) is 28.5 Å². The Morgan fingerprint density at radius 3 is 2.64 bits per heavy atom. The summed E-state index contributed by atoms with van der Waals surface area (Å²) in [7, 11) is 0.